The summed E-state index contributed by atoms with van der Waals surface area (Å²) in [5.74, 6) is 1.30. The smallest absolute Gasteiger partial charge is 0.372 e. The number of piperidine rings is 4. The van der Waals surface area contributed by atoms with Gasteiger partial charge in [-0.3, -0.25) is 29.4 Å². The monoisotopic (exact) mass is 909 g/mol. The summed E-state index contributed by atoms with van der Waals surface area (Å²) in [6.07, 6.45) is 3.17. The second-order valence-electron chi connectivity index (χ2n) is 19.0. The number of imide groups is 1. The number of aromatic nitrogens is 2. The summed E-state index contributed by atoms with van der Waals surface area (Å²) in [5, 5.41) is 5.30. The van der Waals surface area contributed by atoms with Crippen LogP contribution in [0.4, 0.5) is 41.9 Å². The van der Waals surface area contributed by atoms with Crippen LogP contribution in [-0.4, -0.2) is 132 Å². The van der Waals surface area contributed by atoms with Gasteiger partial charge < -0.3 is 29.8 Å². The van der Waals surface area contributed by atoms with E-state index < -0.39 is 29.4 Å². The molecule has 2 atom stereocenters. The number of alkyl halides is 3. The quantitative estimate of drug-likeness (QED) is 0.188. The molecule has 5 saturated heterocycles. The van der Waals surface area contributed by atoms with E-state index in [2.05, 4.69) is 47.0 Å². The standard InChI is InChI=1S/C48H58F3N11O4/c1-31-27-57(28-32-13-19-60(20-14-32)43-9-5-37-40(54-43)30-62(47(37)66)41-7-10-44(63)56-46(41)65)23-24-61(31)29-33-11-17-59(18-12-33)36-4-8-42(53-26-36)55-45(64)34-15-21-58(22-16-34)35-3-6-39(52-2)38(25-35)48(49,50)51/h3-6,8-9,25-26,31-34,41H,7,10-24,27-30H2,1H3,(H,53,55,64)(H,56,63,65)/t31-,41?/m1/s1. The lowest BCUT2D eigenvalue weighted by molar-refractivity contribution is -0.138. The van der Waals surface area contributed by atoms with Gasteiger partial charge in [0.15, 0.2) is 5.69 Å². The van der Waals surface area contributed by atoms with E-state index in [0.717, 1.165) is 102 Å². The maximum atomic E-state index is 13.5. The molecule has 8 heterocycles. The number of halogens is 3. The normalized spacial score (nSPS) is 23.2. The van der Waals surface area contributed by atoms with Gasteiger partial charge in [0.25, 0.3) is 5.91 Å². The first-order valence-corrected chi connectivity index (χ1v) is 23.5. The van der Waals surface area contributed by atoms with Crippen LogP contribution in [0, 0.1) is 24.3 Å². The molecule has 0 bridgehead atoms. The number of nitrogens with zero attached hydrogens (tertiary/aromatic N) is 9. The van der Waals surface area contributed by atoms with Gasteiger partial charge in [0.2, 0.25) is 17.7 Å². The Bertz CT molecular complexity index is 2330. The Morgan fingerprint density at radius 3 is 2.18 bits per heavy atom. The zero-order valence-corrected chi connectivity index (χ0v) is 37.4. The van der Waals surface area contributed by atoms with Crippen molar-refractivity contribution in [3.8, 4) is 0 Å². The molecule has 0 aliphatic carbocycles. The van der Waals surface area contributed by atoms with Gasteiger partial charge in [-0.1, -0.05) is 6.07 Å². The van der Waals surface area contributed by atoms with Gasteiger partial charge in [-0.15, -0.1) is 0 Å². The van der Waals surface area contributed by atoms with Gasteiger partial charge >= 0.3 is 6.18 Å². The number of benzene rings is 1. The zero-order valence-electron chi connectivity index (χ0n) is 37.4. The zero-order chi connectivity index (χ0) is 46.1. The molecule has 3 aromatic rings. The average Bonchev–Trinajstić information content (AvgIpc) is 3.64. The van der Waals surface area contributed by atoms with Gasteiger partial charge in [0.1, 0.15) is 17.7 Å². The number of piperazine rings is 1. The van der Waals surface area contributed by atoms with Crippen molar-refractivity contribution in [3.05, 3.63) is 76.9 Å². The Morgan fingerprint density at radius 1 is 0.833 bits per heavy atom. The van der Waals surface area contributed by atoms with E-state index in [4.69, 9.17) is 11.6 Å². The maximum Gasteiger partial charge on any atom is 0.407 e. The van der Waals surface area contributed by atoms with Crippen LogP contribution in [0.1, 0.15) is 79.9 Å². The molecular weight excluding hydrogens is 852 g/mol. The van der Waals surface area contributed by atoms with Gasteiger partial charge in [-0.25, -0.2) is 14.8 Å². The largest absolute Gasteiger partial charge is 0.407 e. The minimum absolute atomic E-state index is 0.138. The molecule has 15 nitrogen and oxygen atoms in total. The van der Waals surface area contributed by atoms with Crippen LogP contribution in [0.3, 0.4) is 0 Å². The lowest BCUT2D eigenvalue weighted by Crippen LogP contribution is -2.54. The number of carbonyl (C=O) groups is 4. The van der Waals surface area contributed by atoms with Crippen molar-refractivity contribution in [1.29, 1.82) is 0 Å². The molecule has 0 spiro atoms. The number of pyridine rings is 2. The van der Waals surface area contributed by atoms with E-state index in [1.54, 1.807) is 11.0 Å². The highest BCUT2D eigenvalue weighted by atomic mass is 19.4. The third-order valence-corrected chi connectivity index (χ3v) is 14.8. The Hall–Kier alpha value is -5.80. The van der Waals surface area contributed by atoms with Crippen LogP contribution in [0.2, 0.25) is 0 Å². The summed E-state index contributed by atoms with van der Waals surface area (Å²) < 4.78 is 40.5. The van der Waals surface area contributed by atoms with Crippen molar-refractivity contribution in [2.75, 3.05) is 92.0 Å². The second kappa shape index (κ2) is 19.2. The molecule has 2 aromatic heterocycles. The molecule has 9 rings (SSSR count). The molecule has 1 aromatic carbocycles. The first kappa shape index (κ1) is 45.4. The fourth-order valence-electron chi connectivity index (χ4n) is 10.8. The van der Waals surface area contributed by atoms with Crippen molar-refractivity contribution in [3.63, 3.8) is 0 Å². The Morgan fingerprint density at radius 2 is 1.52 bits per heavy atom. The van der Waals surface area contributed by atoms with E-state index in [-0.39, 0.29) is 36.6 Å². The third-order valence-electron chi connectivity index (χ3n) is 14.8. The predicted octanol–water partition coefficient (Wildman–Crippen LogP) is 5.80. The van der Waals surface area contributed by atoms with Crippen molar-refractivity contribution in [1.82, 2.24) is 30.0 Å². The minimum Gasteiger partial charge on any atom is -0.372 e. The predicted molar refractivity (Wildman–Crippen MR) is 243 cm³/mol. The van der Waals surface area contributed by atoms with Crippen LogP contribution < -0.4 is 25.3 Å². The van der Waals surface area contributed by atoms with Crippen LogP contribution in [0.15, 0.2) is 48.7 Å². The number of hydrogen-bond acceptors (Lipinski definition) is 11. The van der Waals surface area contributed by atoms with Gasteiger partial charge in [-0.2, -0.15) is 13.2 Å². The maximum absolute atomic E-state index is 13.5. The average molecular weight is 910 g/mol. The molecule has 350 valence electrons. The molecule has 0 radical (unpaired) electrons. The number of anilines is 4. The van der Waals surface area contributed by atoms with Crippen molar-refractivity contribution >= 4 is 52.3 Å². The van der Waals surface area contributed by atoms with Crippen molar-refractivity contribution < 1.29 is 32.3 Å². The Labute approximate surface area is 383 Å². The molecule has 66 heavy (non-hydrogen) atoms. The fourth-order valence-corrected chi connectivity index (χ4v) is 10.8. The molecule has 6 aliphatic rings. The van der Waals surface area contributed by atoms with Gasteiger partial charge in [0, 0.05) is 96.1 Å². The number of hydrogen-bond donors (Lipinski definition) is 2. The summed E-state index contributed by atoms with van der Waals surface area (Å²) >= 11 is 0. The third kappa shape index (κ3) is 9.97. The summed E-state index contributed by atoms with van der Waals surface area (Å²) in [5.41, 5.74) is 1.33. The Balaban J connectivity index is 0.667. The summed E-state index contributed by atoms with van der Waals surface area (Å²) in [6, 6.07) is 11.3. The number of fused-ring (bicyclic) bond motifs is 1. The van der Waals surface area contributed by atoms with Crippen molar-refractivity contribution in [2.45, 2.75) is 83.1 Å². The lowest BCUT2D eigenvalue weighted by atomic mass is 9.94. The second-order valence-corrected chi connectivity index (χ2v) is 19.0. The molecule has 0 saturated carbocycles. The molecule has 18 heteroatoms. The molecule has 2 N–H and O–H groups in total. The number of amides is 4. The Kier molecular flexibility index (Phi) is 13.2. The summed E-state index contributed by atoms with van der Waals surface area (Å²) in [6.45, 7) is 19.8. The van der Waals surface area contributed by atoms with Crippen molar-refractivity contribution in [2.24, 2.45) is 17.8 Å². The van der Waals surface area contributed by atoms with E-state index in [1.165, 1.54) is 6.07 Å². The molecule has 4 amide bonds. The number of nitrogens with one attached hydrogen (secondary N) is 2. The highest BCUT2D eigenvalue weighted by Gasteiger charge is 2.41. The van der Waals surface area contributed by atoms with Gasteiger partial charge in [-0.05, 0) is 100 Å². The molecule has 5 fully saturated rings. The van der Waals surface area contributed by atoms with Crippen LogP contribution in [-0.2, 0) is 27.1 Å². The van der Waals surface area contributed by atoms with E-state index in [9.17, 15) is 32.3 Å². The first-order chi connectivity index (χ1) is 31.8. The number of rotatable bonds is 10. The van der Waals surface area contributed by atoms with Crippen LogP contribution in [0.5, 0.6) is 0 Å². The van der Waals surface area contributed by atoms with Crippen LogP contribution >= 0.6 is 0 Å². The summed E-state index contributed by atoms with van der Waals surface area (Å²) in [4.78, 5) is 76.2. The first-order valence-electron chi connectivity index (χ1n) is 23.5. The molecular formula is C48H58F3N11O4. The van der Waals surface area contributed by atoms with Crippen LogP contribution in [0.25, 0.3) is 4.85 Å². The topological polar surface area (TPSA) is 142 Å². The lowest BCUT2D eigenvalue weighted by Gasteiger charge is -2.44. The SMILES string of the molecule is [C-]#[N+]c1ccc(N2CCC(C(=O)Nc3ccc(N4CCC(CN5CCN(CC6CCN(c7ccc8c(n7)CN(C7CCC(=O)NC7=O)C8=O)CC6)C[C@H]5C)CC4)cn3)CC2)cc1C(F)(F)F. The highest BCUT2D eigenvalue weighted by molar-refractivity contribution is 6.05. The van der Waals surface area contributed by atoms with E-state index >= 15 is 0 Å². The van der Waals surface area contributed by atoms with Gasteiger partial charge in [0.05, 0.1) is 41.8 Å². The van der Waals surface area contributed by atoms with E-state index in [0.29, 0.717) is 73.0 Å². The summed E-state index contributed by atoms with van der Waals surface area (Å²) in [7, 11) is 0. The fraction of sp³-hybridized carbons (Fsp3) is 0.562. The molecule has 1 unspecified atom stereocenters. The molecule has 6 aliphatic heterocycles. The minimum atomic E-state index is -4.61. The number of carbonyl (C=O) groups excluding carboxylic acids is 4. The highest BCUT2D eigenvalue weighted by Crippen LogP contribution is 2.40. The van der Waals surface area contributed by atoms with E-state index in [1.807, 2.05) is 35.4 Å².